The van der Waals surface area contributed by atoms with Gasteiger partial charge in [-0.05, 0) is 56.9 Å². The number of primary amides is 1. The van der Waals surface area contributed by atoms with E-state index in [0.29, 0.717) is 41.0 Å². The number of rotatable bonds is 5. The van der Waals surface area contributed by atoms with Crippen LogP contribution >= 0.6 is 0 Å². The molecule has 1 aliphatic rings. The quantitative estimate of drug-likeness (QED) is 0.547. The molecule has 4 aromatic rings. The van der Waals surface area contributed by atoms with Crippen LogP contribution in [0.15, 0.2) is 30.3 Å². The zero-order chi connectivity index (χ0) is 21.0. The summed E-state index contributed by atoms with van der Waals surface area (Å²) in [6.45, 7) is 4.44. The van der Waals surface area contributed by atoms with Crippen LogP contribution in [-0.2, 0) is 0 Å². The molecule has 5 rings (SSSR count). The van der Waals surface area contributed by atoms with E-state index in [9.17, 15) is 9.18 Å². The minimum atomic E-state index is -0.830. The third-order valence-electron chi connectivity index (χ3n) is 5.38. The van der Waals surface area contributed by atoms with E-state index in [1.54, 1.807) is 6.07 Å². The van der Waals surface area contributed by atoms with Crippen LogP contribution in [0.3, 0.4) is 0 Å². The molecule has 3 aromatic heterocycles. The maximum absolute atomic E-state index is 14.0. The highest BCUT2D eigenvalue weighted by Gasteiger charge is 2.23. The Labute approximate surface area is 171 Å². The number of carbonyl (C=O) groups excluding carboxylic acids is 1. The van der Waals surface area contributed by atoms with Crippen LogP contribution in [0.1, 0.15) is 34.6 Å². The summed E-state index contributed by atoms with van der Waals surface area (Å²) in [5.41, 5.74) is 9.36. The van der Waals surface area contributed by atoms with Crippen LogP contribution < -0.4 is 10.5 Å². The first-order chi connectivity index (χ1) is 14.4. The average molecular weight is 405 g/mol. The Morgan fingerprint density at radius 3 is 2.67 bits per heavy atom. The van der Waals surface area contributed by atoms with Gasteiger partial charge in [0.2, 0.25) is 5.88 Å². The predicted molar refractivity (Wildman–Crippen MR) is 110 cm³/mol. The van der Waals surface area contributed by atoms with Gasteiger partial charge in [0.1, 0.15) is 17.2 Å². The number of aryl methyl sites for hydroxylation is 2. The molecule has 1 fully saturated rings. The van der Waals surface area contributed by atoms with Crippen molar-refractivity contribution >= 4 is 22.6 Å². The summed E-state index contributed by atoms with van der Waals surface area (Å²) < 4.78 is 21.7. The van der Waals surface area contributed by atoms with E-state index < -0.39 is 11.7 Å². The molecule has 3 heterocycles. The van der Waals surface area contributed by atoms with Gasteiger partial charge in [0.15, 0.2) is 5.65 Å². The van der Waals surface area contributed by atoms with Gasteiger partial charge < -0.3 is 10.5 Å². The van der Waals surface area contributed by atoms with Gasteiger partial charge in [0.05, 0.1) is 29.1 Å². The summed E-state index contributed by atoms with van der Waals surface area (Å²) in [4.78, 5) is 25.7. The van der Waals surface area contributed by atoms with Gasteiger partial charge in [-0.25, -0.2) is 14.4 Å². The van der Waals surface area contributed by atoms with Gasteiger partial charge >= 0.3 is 0 Å². The lowest BCUT2D eigenvalue weighted by atomic mass is 10.1. The van der Waals surface area contributed by atoms with Gasteiger partial charge in [0.25, 0.3) is 5.91 Å². The molecule has 0 atom stereocenters. The minimum Gasteiger partial charge on any atom is -0.477 e. The summed E-state index contributed by atoms with van der Waals surface area (Å²) in [7, 11) is 0. The maximum Gasteiger partial charge on any atom is 0.251 e. The van der Waals surface area contributed by atoms with E-state index in [1.807, 2.05) is 30.4 Å². The zero-order valence-corrected chi connectivity index (χ0v) is 16.6. The van der Waals surface area contributed by atoms with Crippen LogP contribution in [0, 0.1) is 25.6 Å². The average Bonchev–Trinajstić information content (AvgIpc) is 3.48. The van der Waals surface area contributed by atoms with Crippen LogP contribution in [0.4, 0.5) is 4.39 Å². The van der Waals surface area contributed by atoms with Crippen LogP contribution in [0.25, 0.3) is 28.1 Å². The van der Waals surface area contributed by atoms with Crippen molar-refractivity contribution in [3.05, 3.63) is 53.1 Å². The number of imidazole rings is 1. The minimum absolute atomic E-state index is 0.182. The maximum atomic E-state index is 14.0. The molecule has 1 aromatic carbocycles. The number of hydrogen-bond acceptors (Lipinski definition) is 5. The van der Waals surface area contributed by atoms with Gasteiger partial charge in [-0.15, -0.1) is 0 Å². The van der Waals surface area contributed by atoms with Gasteiger partial charge in [-0.2, -0.15) is 4.98 Å². The first-order valence-corrected chi connectivity index (χ1v) is 9.81. The third-order valence-corrected chi connectivity index (χ3v) is 5.38. The number of nitrogens with two attached hydrogens (primary N) is 1. The Balaban J connectivity index is 1.75. The summed E-state index contributed by atoms with van der Waals surface area (Å²) >= 11 is 0. The number of benzene rings is 1. The molecule has 8 heteroatoms. The van der Waals surface area contributed by atoms with Crippen molar-refractivity contribution in [3.8, 4) is 17.3 Å². The first-order valence-electron chi connectivity index (χ1n) is 9.81. The Hall–Kier alpha value is -3.55. The van der Waals surface area contributed by atoms with Crippen molar-refractivity contribution < 1.29 is 13.9 Å². The smallest absolute Gasteiger partial charge is 0.251 e. The summed E-state index contributed by atoms with van der Waals surface area (Å²) in [5, 5.41) is 0. The molecule has 0 spiro atoms. The Kier molecular flexibility index (Phi) is 4.16. The van der Waals surface area contributed by atoms with E-state index in [0.717, 1.165) is 16.9 Å². The first kappa shape index (κ1) is 18.5. The van der Waals surface area contributed by atoms with Crippen molar-refractivity contribution in [1.82, 2.24) is 19.4 Å². The molecule has 152 valence electrons. The van der Waals surface area contributed by atoms with Gasteiger partial charge in [0, 0.05) is 11.6 Å². The Morgan fingerprint density at radius 2 is 1.93 bits per heavy atom. The molecule has 7 nitrogen and oxygen atoms in total. The monoisotopic (exact) mass is 405 g/mol. The number of pyridine rings is 1. The molecule has 0 radical (unpaired) electrons. The largest absolute Gasteiger partial charge is 0.477 e. The van der Waals surface area contributed by atoms with Gasteiger partial charge in [-0.1, -0.05) is 0 Å². The van der Waals surface area contributed by atoms with E-state index in [2.05, 4.69) is 9.97 Å². The number of hydrogen-bond donors (Lipinski definition) is 1. The van der Waals surface area contributed by atoms with Crippen molar-refractivity contribution in [2.45, 2.75) is 26.7 Å². The predicted octanol–water partition coefficient (Wildman–Crippen LogP) is 3.59. The van der Waals surface area contributed by atoms with Crippen molar-refractivity contribution in [3.63, 3.8) is 0 Å². The molecule has 1 amide bonds. The summed E-state index contributed by atoms with van der Waals surface area (Å²) in [6, 6.07) is 7.90. The number of carbonyl (C=O) groups is 1. The lowest BCUT2D eigenvalue weighted by molar-refractivity contribution is 0.0996. The van der Waals surface area contributed by atoms with Crippen LogP contribution in [0.2, 0.25) is 0 Å². The third kappa shape index (κ3) is 3.04. The molecular weight excluding hydrogens is 385 g/mol. The Morgan fingerprint density at radius 1 is 1.17 bits per heavy atom. The summed E-state index contributed by atoms with van der Waals surface area (Å²) in [5.74, 6) is 0.169. The number of fused-ring (bicyclic) bond motifs is 3. The number of ether oxygens (including phenoxy) is 1. The lowest BCUT2D eigenvalue weighted by Gasteiger charge is -2.10. The van der Waals surface area contributed by atoms with E-state index in [-0.39, 0.29) is 5.56 Å². The number of amides is 1. The highest BCUT2D eigenvalue weighted by Crippen LogP contribution is 2.31. The fraction of sp³-hybridized carbons (Fsp3) is 0.273. The molecule has 2 N–H and O–H groups in total. The fourth-order valence-electron chi connectivity index (χ4n) is 3.68. The second-order valence-electron chi connectivity index (χ2n) is 7.71. The van der Waals surface area contributed by atoms with Crippen molar-refractivity contribution in [1.29, 1.82) is 0 Å². The van der Waals surface area contributed by atoms with E-state index in [1.165, 1.54) is 25.0 Å². The van der Waals surface area contributed by atoms with Crippen LogP contribution in [-0.4, -0.2) is 31.9 Å². The molecule has 0 aliphatic heterocycles. The highest BCUT2D eigenvalue weighted by molar-refractivity contribution is 5.94. The topological polar surface area (TPSA) is 95.4 Å². The lowest BCUT2D eigenvalue weighted by Crippen LogP contribution is -2.13. The normalized spacial score (nSPS) is 13.8. The van der Waals surface area contributed by atoms with Crippen molar-refractivity contribution in [2.75, 3.05) is 6.61 Å². The van der Waals surface area contributed by atoms with Crippen molar-refractivity contribution in [2.24, 2.45) is 11.7 Å². The number of nitrogens with zero attached hydrogens (tertiary/aromatic N) is 4. The van der Waals surface area contributed by atoms with Gasteiger partial charge in [-0.3, -0.25) is 9.20 Å². The molecule has 0 saturated heterocycles. The highest BCUT2D eigenvalue weighted by atomic mass is 19.1. The standard InChI is InChI=1S/C22H20FN5O2/c1-11-19-12(2)26-21(14-5-6-16(23)15(9-14)20(24)29)28(19)22-17(25-11)7-8-18(27-22)30-10-13-3-4-13/h5-9,13H,3-4,10H2,1-2H3,(H2,24,29). The molecular formula is C22H20FN5O2. The second kappa shape index (κ2) is 6.76. The SMILES string of the molecule is Cc1nc(-c2ccc(F)c(C(N)=O)c2)n2c1c(C)nc1ccc(OCC3CC3)nc12. The summed E-state index contributed by atoms with van der Waals surface area (Å²) in [6.07, 6.45) is 2.38. The number of aromatic nitrogens is 4. The Bertz CT molecular complexity index is 1330. The van der Waals surface area contributed by atoms with Crippen LogP contribution in [0.5, 0.6) is 5.88 Å². The number of halogens is 1. The molecule has 30 heavy (non-hydrogen) atoms. The molecule has 0 bridgehead atoms. The fourth-order valence-corrected chi connectivity index (χ4v) is 3.68. The molecule has 1 aliphatic carbocycles. The second-order valence-corrected chi connectivity index (χ2v) is 7.71. The van der Waals surface area contributed by atoms with E-state index >= 15 is 0 Å². The molecule has 0 unspecified atom stereocenters. The molecule has 1 saturated carbocycles. The zero-order valence-electron chi connectivity index (χ0n) is 16.6. The van der Waals surface area contributed by atoms with E-state index in [4.69, 9.17) is 15.5 Å².